The van der Waals surface area contributed by atoms with Crippen molar-refractivity contribution in [3.05, 3.63) is 0 Å². The van der Waals surface area contributed by atoms with Crippen molar-refractivity contribution < 1.29 is 8.42 Å². The molecule has 0 spiro atoms. The van der Waals surface area contributed by atoms with Crippen LogP contribution in [0.25, 0.3) is 0 Å². The lowest BCUT2D eigenvalue weighted by Crippen LogP contribution is -2.63. The molecule has 7 heteroatoms. The number of nitrogens with one attached hydrogen (secondary N) is 1. The van der Waals surface area contributed by atoms with Crippen molar-refractivity contribution in [1.82, 2.24) is 18.8 Å². The van der Waals surface area contributed by atoms with E-state index in [9.17, 15) is 8.42 Å². The summed E-state index contributed by atoms with van der Waals surface area (Å²) < 4.78 is 28.9. The lowest BCUT2D eigenvalue weighted by Gasteiger charge is -2.44. The summed E-state index contributed by atoms with van der Waals surface area (Å²) in [5.41, 5.74) is 0. The van der Waals surface area contributed by atoms with E-state index in [-0.39, 0.29) is 6.04 Å². The van der Waals surface area contributed by atoms with Crippen LogP contribution in [0.5, 0.6) is 0 Å². The summed E-state index contributed by atoms with van der Waals surface area (Å²) in [7, 11) is -3.25. The maximum Gasteiger partial charge on any atom is 0.282 e. The molecule has 1 N–H and O–H groups in total. The Morgan fingerprint density at radius 2 is 1.70 bits per heavy atom. The van der Waals surface area contributed by atoms with Gasteiger partial charge < -0.3 is 5.32 Å². The molecule has 0 aliphatic carbocycles. The number of nitrogens with zero attached hydrogens (tertiary/aromatic N) is 3. The molecular formula is C13H26N4O2S. The molecule has 0 amide bonds. The van der Waals surface area contributed by atoms with Crippen LogP contribution in [-0.4, -0.2) is 79.8 Å². The van der Waals surface area contributed by atoms with Gasteiger partial charge in [0, 0.05) is 57.9 Å². The van der Waals surface area contributed by atoms with E-state index in [4.69, 9.17) is 0 Å². The van der Waals surface area contributed by atoms with Gasteiger partial charge in [0.25, 0.3) is 10.2 Å². The summed E-state index contributed by atoms with van der Waals surface area (Å²) in [5.74, 6) is 0. The van der Waals surface area contributed by atoms with Crippen molar-refractivity contribution in [2.24, 2.45) is 0 Å². The molecule has 3 saturated heterocycles. The monoisotopic (exact) mass is 302 g/mol. The van der Waals surface area contributed by atoms with E-state index in [2.05, 4.69) is 10.2 Å². The van der Waals surface area contributed by atoms with E-state index in [0.717, 1.165) is 45.4 Å². The van der Waals surface area contributed by atoms with E-state index >= 15 is 0 Å². The van der Waals surface area contributed by atoms with Crippen LogP contribution in [0.2, 0.25) is 0 Å². The Morgan fingerprint density at radius 3 is 2.25 bits per heavy atom. The molecule has 0 aromatic carbocycles. The van der Waals surface area contributed by atoms with Crippen LogP contribution in [0.4, 0.5) is 0 Å². The summed E-state index contributed by atoms with van der Waals surface area (Å²) in [4.78, 5) is 2.42. The Balaban J connectivity index is 1.60. The zero-order chi connectivity index (χ0) is 14.2. The summed E-state index contributed by atoms with van der Waals surface area (Å²) in [6.45, 7) is 7.85. The molecule has 3 rings (SSSR count). The molecule has 116 valence electrons. The predicted octanol–water partition coefficient (Wildman–Crippen LogP) is -0.305. The highest BCUT2D eigenvalue weighted by atomic mass is 32.2. The third kappa shape index (κ3) is 2.74. The molecule has 3 heterocycles. The van der Waals surface area contributed by atoms with Crippen molar-refractivity contribution in [1.29, 1.82) is 0 Å². The van der Waals surface area contributed by atoms with Gasteiger partial charge in [-0.25, -0.2) is 0 Å². The van der Waals surface area contributed by atoms with Crippen LogP contribution in [0.3, 0.4) is 0 Å². The molecular weight excluding hydrogens is 276 g/mol. The van der Waals surface area contributed by atoms with Crippen LogP contribution >= 0.6 is 0 Å². The van der Waals surface area contributed by atoms with Crippen molar-refractivity contribution >= 4 is 10.2 Å². The first kappa shape index (κ1) is 14.7. The van der Waals surface area contributed by atoms with Gasteiger partial charge in [0.05, 0.1) is 0 Å². The van der Waals surface area contributed by atoms with E-state index in [0.29, 0.717) is 25.7 Å². The number of piperidine rings is 1. The van der Waals surface area contributed by atoms with Crippen molar-refractivity contribution in [3.63, 3.8) is 0 Å². The maximum absolute atomic E-state index is 12.7. The fraction of sp³-hybridized carbons (Fsp3) is 1.00. The number of hydrogen-bond donors (Lipinski definition) is 1. The van der Waals surface area contributed by atoms with Crippen LogP contribution in [0, 0.1) is 0 Å². The first-order chi connectivity index (χ1) is 9.59. The molecule has 1 atom stereocenters. The molecule has 0 aromatic rings. The second kappa shape index (κ2) is 5.88. The van der Waals surface area contributed by atoms with E-state index in [1.54, 1.807) is 8.61 Å². The predicted molar refractivity (Wildman–Crippen MR) is 78.7 cm³/mol. The van der Waals surface area contributed by atoms with Crippen LogP contribution < -0.4 is 5.32 Å². The normalized spacial score (nSPS) is 32.1. The van der Waals surface area contributed by atoms with Crippen LogP contribution in [0.15, 0.2) is 0 Å². The molecule has 3 aliphatic rings. The molecule has 0 bridgehead atoms. The summed E-state index contributed by atoms with van der Waals surface area (Å²) in [5, 5.41) is 3.28. The minimum atomic E-state index is -3.25. The average Bonchev–Trinajstić information content (AvgIpc) is 2.38. The van der Waals surface area contributed by atoms with Gasteiger partial charge in [-0.2, -0.15) is 17.0 Å². The SMILES string of the molecule is CC1CCCCN1S(=O)(=O)N1CCN(C2CNC2)CC1. The Hall–Kier alpha value is -0.210. The Bertz CT molecular complexity index is 430. The standard InChI is InChI=1S/C13H26N4O2S/c1-12-4-2-3-5-17(12)20(18,19)16-8-6-15(7-9-16)13-10-14-11-13/h12-14H,2-11H2,1H3. The van der Waals surface area contributed by atoms with Gasteiger partial charge in [-0.15, -0.1) is 0 Å². The third-order valence-corrected chi connectivity index (χ3v) is 7.07. The molecule has 0 aromatic heterocycles. The summed E-state index contributed by atoms with van der Waals surface area (Å²) >= 11 is 0. The van der Waals surface area contributed by atoms with E-state index < -0.39 is 10.2 Å². The summed E-state index contributed by atoms with van der Waals surface area (Å²) in [6.07, 6.45) is 3.14. The molecule has 3 aliphatic heterocycles. The van der Waals surface area contributed by atoms with Crippen LogP contribution in [-0.2, 0) is 10.2 Å². The minimum Gasteiger partial charge on any atom is -0.314 e. The van der Waals surface area contributed by atoms with Crippen molar-refractivity contribution in [2.75, 3.05) is 45.8 Å². The highest BCUT2D eigenvalue weighted by Crippen LogP contribution is 2.23. The zero-order valence-corrected chi connectivity index (χ0v) is 13.1. The fourth-order valence-electron chi connectivity index (χ4n) is 3.39. The van der Waals surface area contributed by atoms with Gasteiger partial charge in [-0.3, -0.25) is 4.90 Å². The lowest BCUT2D eigenvalue weighted by molar-refractivity contribution is 0.0988. The van der Waals surface area contributed by atoms with Crippen molar-refractivity contribution in [2.45, 2.75) is 38.3 Å². The van der Waals surface area contributed by atoms with Gasteiger partial charge in [0.15, 0.2) is 0 Å². The highest BCUT2D eigenvalue weighted by molar-refractivity contribution is 7.86. The Morgan fingerprint density at radius 1 is 1.00 bits per heavy atom. The highest BCUT2D eigenvalue weighted by Gasteiger charge is 2.37. The largest absolute Gasteiger partial charge is 0.314 e. The number of piperazine rings is 1. The first-order valence-corrected chi connectivity index (χ1v) is 9.20. The molecule has 0 saturated carbocycles. The van der Waals surface area contributed by atoms with Crippen molar-refractivity contribution in [3.8, 4) is 0 Å². The van der Waals surface area contributed by atoms with Gasteiger partial charge in [-0.05, 0) is 19.8 Å². The molecule has 20 heavy (non-hydrogen) atoms. The van der Waals surface area contributed by atoms with Gasteiger partial charge in [-0.1, -0.05) is 6.42 Å². The molecule has 3 fully saturated rings. The minimum absolute atomic E-state index is 0.155. The fourth-order valence-corrected chi connectivity index (χ4v) is 5.24. The Labute approximate surface area is 122 Å². The molecule has 6 nitrogen and oxygen atoms in total. The van der Waals surface area contributed by atoms with Gasteiger partial charge in [0.2, 0.25) is 0 Å². The average molecular weight is 302 g/mol. The Kier molecular flexibility index (Phi) is 4.33. The van der Waals surface area contributed by atoms with Gasteiger partial charge >= 0.3 is 0 Å². The lowest BCUT2D eigenvalue weighted by atomic mass is 10.1. The van der Waals surface area contributed by atoms with E-state index in [1.165, 1.54) is 0 Å². The quantitative estimate of drug-likeness (QED) is 0.777. The zero-order valence-electron chi connectivity index (χ0n) is 12.3. The maximum atomic E-state index is 12.7. The summed E-state index contributed by atoms with van der Waals surface area (Å²) in [6, 6.07) is 0.774. The third-order valence-electron chi connectivity index (χ3n) is 4.91. The number of rotatable bonds is 3. The second-order valence-corrected chi connectivity index (χ2v) is 8.09. The van der Waals surface area contributed by atoms with Crippen LogP contribution in [0.1, 0.15) is 26.2 Å². The first-order valence-electron chi connectivity index (χ1n) is 7.81. The van der Waals surface area contributed by atoms with Gasteiger partial charge in [0.1, 0.15) is 0 Å². The topological polar surface area (TPSA) is 55.9 Å². The smallest absolute Gasteiger partial charge is 0.282 e. The molecule has 0 radical (unpaired) electrons. The molecule has 1 unspecified atom stereocenters. The second-order valence-electron chi connectivity index (χ2n) is 6.21. The number of hydrogen-bond acceptors (Lipinski definition) is 4. The van der Waals surface area contributed by atoms with E-state index in [1.807, 2.05) is 6.92 Å².